The number of aromatic nitrogens is 16. The van der Waals surface area contributed by atoms with Crippen LogP contribution in [0.25, 0.3) is 0 Å². The van der Waals surface area contributed by atoms with Crippen LogP contribution in [-0.4, -0.2) is 189 Å². The Kier molecular flexibility index (Phi) is 32.3. The van der Waals surface area contributed by atoms with Crippen LogP contribution in [0.2, 0.25) is 0 Å². The highest BCUT2D eigenvalue weighted by Gasteiger charge is 2.25. The molecular weight excluding hydrogens is 1510 g/mol. The van der Waals surface area contributed by atoms with Crippen molar-refractivity contribution >= 4 is 76.0 Å². The fourth-order valence-corrected chi connectivity index (χ4v) is 12.3. The summed E-state index contributed by atoms with van der Waals surface area (Å²) in [6.07, 6.45) is 27.8. The van der Waals surface area contributed by atoms with E-state index in [0.717, 1.165) is 33.4 Å². The molecule has 12 aromatic rings. The van der Waals surface area contributed by atoms with E-state index in [-0.39, 0.29) is 110 Å². The minimum absolute atomic E-state index is 0. The van der Waals surface area contributed by atoms with Crippen LogP contribution < -0.4 is 5.73 Å². The minimum Gasteiger partial charge on any atom is -0.477 e. The van der Waals surface area contributed by atoms with Crippen LogP contribution in [0.1, 0.15) is 174 Å². The third-order valence-corrected chi connectivity index (χ3v) is 17.8. The fourth-order valence-electron chi connectivity index (χ4n) is 12.3. The smallest absolute Gasteiger partial charge is 0.372 e. The number of hydrogen-bond donors (Lipinski definition) is 3. The molecule has 0 bridgehead atoms. The quantitative estimate of drug-likeness (QED) is 0.0285. The second-order valence-corrected chi connectivity index (χ2v) is 26.4. The zero-order valence-corrected chi connectivity index (χ0v) is 66.1. The van der Waals surface area contributed by atoms with Crippen molar-refractivity contribution < 1.29 is 93.2 Å². The number of imidazole rings is 4. The van der Waals surface area contributed by atoms with Crippen LogP contribution >= 0.6 is 0 Å². The molecule has 0 fully saturated rings. The van der Waals surface area contributed by atoms with Crippen molar-refractivity contribution in [2.45, 2.75) is 52.4 Å². The molecule has 0 saturated heterocycles. The molecule has 0 aliphatic heterocycles. The van der Waals surface area contributed by atoms with Crippen molar-refractivity contribution in [1.82, 2.24) is 74.7 Å². The molecule has 0 amide bonds. The molecule has 35 nitrogen and oxygen atoms in total. The first-order valence-corrected chi connectivity index (χ1v) is 34.6. The summed E-state index contributed by atoms with van der Waals surface area (Å²) in [4.78, 5) is 159. The Bertz CT molecular complexity index is 5400. The van der Waals surface area contributed by atoms with Gasteiger partial charge in [0.15, 0.2) is 40.6 Å². The molecular formula is C80H96FN17O18. The van der Waals surface area contributed by atoms with Crippen LogP contribution in [-0.2, 0) is 144 Å². The number of aromatic carboxylic acids is 2. The van der Waals surface area contributed by atoms with E-state index in [1.54, 1.807) is 266 Å². The zero-order valence-electron chi connectivity index (χ0n) is 67.1. The Hall–Kier alpha value is -14.2. The van der Waals surface area contributed by atoms with Gasteiger partial charge in [-0.15, -0.1) is 0 Å². The Balaban J connectivity index is 0.000000265. The Labute approximate surface area is 667 Å². The molecule has 0 aliphatic carbocycles. The number of carboxylic acids is 2. The average Bonchev–Trinajstić information content (AvgIpc) is 1.69. The van der Waals surface area contributed by atoms with E-state index in [1.165, 1.54) is 42.7 Å². The van der Waals surface area contributed by atoms with Gasteiger partial charge in [0.2, 0.25) is 23.2 Å². The topological polar surface area (TPSA) is 441 Å². The molecule has 616 valence electrons. The van der Waals surface area contributed by atoms with Gasteiger partial charge in [-0.25, -0.2) is 43.9 Å². The molecule has 12 aromatic heterocycles. The predicted octanol–water partition coefficient (Wildman–Crippen LogP) is 6.79. The number of carboxylic acid groups (broad SMARTS) is 2. The number of ether oxygens (including phenoxy) is 3. The Morgan fingerprint density at radius 1 is 0.328 bits per heavy atom. The molecule has 36 heteroatoms. The van der Waals surface area contributed by atoms with Crippen LogP contribution in [0.5, 0.6) is 0 Å². The number of alkyl halides is 1. The predicted molar refractivity (Wildman–Crippen MR) is 422 cm³/mol. The van der Waals surface area contributed by atoms with Gasteiger partial charge in [-0.1, -0.05) is 7.43 Å². The maximum Gasteiger partial charge on any atom is 0.372 e. The molecule has 0 unspecified atom stereocenters. The van der Waals surface area contributed by atoms with Crippen molar-refractivity contribution in [2.75, 3.05) is 34.2 Å². The molecule has 0 aromatic carbocycles. The molecule has 12 heterocycles. The van der Waals surface area contributed by atoms with Gasteiger partial charge in [0.1, 0.15) is 22.8 Å². The lowest BCUT2D eigenvalue weighted by Crippen LogP contribution is -2.09. The number of carbonyl (C=O) groups is 12. The number of rotatable bonds is 26. The Morgan fingerprint density at radius 3 is 0.716 bits per heavy atom. The van der Waals surface area contributed by atoms with Crippen molar-refractivity contribution in [2.24, 2.45) is 84.6 Å². The summed E-state index contributed by atoms with van der Waals surface area (Å²) in [5, 5.41) is 17.5. The van der Waals surface area contributed by atoms with E-state index in [2.05, 4.69) is 24.7 Å². The number of aryl methyl sites for hydroxylation is 12. The van der Waals surface area contributed by atoms with Crippen molar-refractivity contribution in [3.05, 3.63) is 255 Å². The highest BCUT2D eigenvalue weighted by Crippen LogP contribution is 2.22. The van der Waals surface area contributed by atoms with Crippen molar-refractivity contribution in [3.8, 4) is 0 Å². The lowest BCUT2D eigenvalue weighted by molar-refractivity contribution is 0.0581. The average molecular weight is 1600 g/mol. The number of halogens is 1. The van der Waals surface area contributed by atoms with Gasteiger partial charge >= 0.3 is 29.8 Å². The summed E-state index contributed by atoms with van der Waals surface area (Å²) in [6.45, 7) is 0. The van der Waals surface area contributed by atoms with E-state index < -0.39 is 37.0 Å². The van der Waals surface area contributed by atoms with E-state index in [4.69, 9.17) is 26.8 Å². The second-order valence-electron chi connectivity index (χ2n) is 26.4. The number of esters is 3. The summed E-state index contributed by atoms with van der Waals surface area (Å²) in [6, 6.07) is 13.3. The fraction of sp³-hybridized carbons (Fsp3) is 0.300. The number of carbonyl (C=O) groups excluding carboxylic acids is 10. The maximum atomic E-state index is 12.7. The highest BCUT2D eigenvalue weighted by molar-refractivity contribution is 6.02. The molecule has 0 spiro atoms. The number of nitrogens with zero attached hydrogens (tertiary/aromatic N) is 16. The van der Waals surface area contributed by atoms with Crippen molar-refractivity contribution in [1.29, 1.82) is 0 Å². The van der Waals surface area contributed by atoms with E-state index in [0.29, 0.717) is 68.6 Å². The summed E-state index contributed by atoms with van der Waals surface area (Å²) >= 11 is 0. The Morgan fingerprint density at radius 2 is 0.526 bits per heavy atom. The van der Waals surface area contributed by atoms with Crippen LogP contribution in [0, 0.1) is 0 Å². The maximum absolute atomic E-state index is 12.7. The number of hydrogen-bond acceptors (Lipinski definition) is 20. The molecule has 116 heavy (non-hydrogen) atoms. The summed E-state index contributed by atoms with van der Waals surface area (Å²) in [5.41, 5.74) is 14.6. The summed E-state index contributed by atoms with van der Waals surface area (Å²) in [7, 11) is 23.8. The second kappa shape index (κ2) is 41.4. The summed E-state index contributed by atoms with van der Waals surface area (Å²) in [5.74, 6) is -2.87. The van der Waals surface area contributed by atoms with Gasteiger partial charge < -0.3 is 90.4 Å². The standard InChI is InChI=1S/2C20H22N4O4.C19H20N4O4.C14H17N3O3.C5H6N2O2.CH3F.CH4.H2O/c2*1-22-6-5-21-19(22)18(26)10-13-7-15(23(2)11-13)17(25)9-14-8-16(20(27)28-4)24(3)12-14;1-21-5-4-20-18(21)17(25)9-12-6-14(22(2)10-12)16(24)8-13-7-15(19(26)27)23(3)11-13;1-16-7-9(4-12(16)14(19)20-3)5-13(18)11-6-10(15)8-17(11)2;1-7-3-2-6-4(7)5(8)9;1-2;;/h2*5-8,11-12H,9-10H2,1-4H3;4-7,10-11H,8-9H2,1-3H3,(H,26,27);4,6-8H,5,15H2,1-3H3;2-3H,1H3,(H,8,9);1H3;1H4;1H2/i;;;;;1D;;. The first kappa shape index (κ1) is 90.7. The van der Waals surface area contributed by atoms with Gasteiger partial charge in [0.25, 0.3) is 0 Å². The number of anilines is 1. The lowest BCUT2D eigenvalue weighted by atomic mass is 10.1. The first-order valence-electron chi connectivity index (χ1n) is 35.3. The number of nitrogen functional groups attached to an aromatic ring is 1. The molecule has 0 radical (unpaired) electrons. The third kappa shape index (κ3) is 23.5. The van der Waals surface area contributed by atoms with Crippen molar-refractivity contribution in [3.63, 3.8) is 0 Å². The lowest BCUT2D eigenvalue weighted by Gasteiger charge is -2.00. The minimum atomic E-state index is -1.04. The SMILES string of the molecule is C.COC(=O)c1cc(CC(=O)c2cc(CC(=O)c3nccn3C)cn2C)cn1C.COC(=O)c1cc(CC(=O)c2cc(CC(=O)c3nccn3C)cn2C)cn1C.COC(=O)c1cc(CC(=O)c2cc(N)cn2C)cn1C.Cn1cc(CC(=O)c2cc(CC(=O)c3nccn3C)cn2C)cc1C(=O)O.Cn1ccnc1C(=O)O.O.[2H]CF. The number of ketones is 7. The van der Waals surface area contributed by atoms with E-state index in [9.17, 15) is 61.9 Å². The summed E-state index contributed by atoms with van der Waals surface area (Å²) < 4.78 is 49.3. The van der Waals surface area contributed by atoms with Gasteiger partial charge in [-0.2, -0.15) is 0 Å². The number of Topliss-reactive ketones (excluding diaryl/α,β-unsaturated/α-hetero) is 7. The molecule has 0 aliphatic rings. The third-order valence-electron chi connectivity index (χ3n) is 17.8. The monoisotopic (exact) mass is 1600 g/mol. The normalized spacial score (nSPS) is 10.5. The number of methoxy groups -OCH3 is 3. The van der Waals surface area contributed by atoms with Gasteiger partial charge in [-0.05, 0) is 87.5 Å². The van der Waals surface area contributed by atoms with Crippen LogP contribution in [0.4, 0.5) is 10.1 Å². The van der Waals surface area contributed by atoms with Gasteiger partial charge in [0.05, 0.1) is 58.3 Å². The van der Waals surface area contributed by atoms with E-state index in [1.807, 2.05) is 0 Å². The molecule has 6 N–H and O–H groups in total. The highest BCUT2D eigenvalue weighted by atomic mass is 19.1. The molecule has 0 atom stereocenters. The van der Waals surface area contributed by atoms with Gasteiger partial charge in [0, 0.05) is 229 Å². The van der Waals surface area contributed by atoms with Crippen LogP contribution in [0.3, 0.4) is 0 Å². The molecule has 12 rings (SSSR count). The van der Waals surface area contributed by atoms with E-state index >= 15 is 0 Å². The van der Waals surface area contributed by atoms with Gasteiger partial charge in [-0.3, -0.25) is 38.0 Å². The zero-order chi connectivity index (χ0) is 85.0. The first-order chi connectivity index (χ1) is 54.4. The largest absolute Gasteiger partial charge is 0.477 e. The number of nitrogens with two attached hydrogens (primary N) is 1. The molecule has 0 saturated carbocycles. The van der Waals surface area contributed by atoms with Crippen LogP contribution in [0.15, 0.2) is 148 Å².